The molecule has 0 aliphatic rings. The molecule has 0 unspecified atom stereocenters. The number of hydrogen-bond donors (Lipinski definition) is 2. The van der Waals surface area contributed by atoms with Crippen molar-refractivity contribution in [3.05, 3.63) is 28.0 Å². The Morgan fingerprint density at radius 1 is 1.61 bits per heavy atom. The molecule has 0 saturated heterocycles. The molecule has 18 heavy (non-hydrogen) atoms. The molecule has 7 nitrogen and oxygen atoms in total. The number of hydrogen-bond acceptors (Lipinski definition) is 6. The number of carbonyl (C=O) groups is 1. The third kappa shape index (κ3) is 3.34. The van der Waals surface area contributed by atoms with Gasteiger partial charge in [-0.15, -0.1) is 16.4 Å². The molecule has 8 heteroatoms. The molecule has 0 aliphatic heterocycles. The zero-order chi connectivity index (χ0) is 13.0. The van der Waals surface area contributed by atoms with Gasteiger partial charge in [-0.1, -0.05) is 5.21 Å². The summed E-state index contributed by atoms with van der Waals surface area (Å²) in [7, 11) is 0. The summed E-state index contributed by atoms with van der Waals surface area (Å²) in [4.78, 5) is 15.9. The average molecular weight is 267 g/mol. The monoisotopic (exact) mass is 267 g/mol. The number of nitrogens with zero attached hydrogens (tertiary/aromatic N) is 4. The Bertz CT molecular complexity index is 536. The van der Waals surface area contributed by atoms with Gasteiger partial charge in [0, 0.05) is 24.2 Å². The smallest absolute Gasteiger partial charge is 0.358 e. The number of aryl methyl sites for hydroxylation is 1. The highest BCUT2D eigenvalue weighted by molar-refractivity contribution is 7.11. The standard InChI is InChI=1S/C10H13N5O2S/c1-7-12-5-8(18-7)4-11-2-3-15-6-9(10(16)17)13-14-15/h5-6,11H,2-4H2,1H3,(H,16,17). The lowest BCUT2D eigenvalue weighted by atomic mass is 10.5. The first-order valence-corrected chi connectivity index (χ1v) is 6.22. The van der Waals surface area contributed by atoms with Crippen molar-refractivity contribution in [2.45, 2.75) is 20.0 Å². The molecule has 0 aliphatic carbocycles. The van der Waals surface area contributed by atoms with E-state index in [9.17, 15) is 4.79 Å². The van der Waals surface area contributed by atoms with E-state index < -0.39 is 5.97 Å². The number of rotatable bonds is 6. The van der Waals surface area contributed by atoms with Crippen LogP contribution in [-0.2, 0) is 13.1 Å². The van der Waals surface area contributed by atoms with Crippen molar-refractivity contribution in [1.29, 1.82) is 0 Å². The zero-order valence-electron chi connectivity index (χ0n) is 9.83. The van der Waals surface area contributed by atoms with E-state index in [1.807, 2.05) is 13.1 Å². The Balaban J connectivity index is 1.73. The molecule has 2 aromatic heterocycles. The Morgan fingerprint density at radius 2 is 2.44 bits per heavy atom. The van der Waals surface area contributed by atoms with Gasteiger partial charge in [0.25, 0.3) is 0 Å². The highest BCUT2D eigenvalue weighted by atomic mass is 32.1. The molecule has 2 heterocycles. The van der Waals surface area contributed by atoms with Crippen LogP contribution < -0.4 is 5.32 Å². The van der Waals surface area contributed by atoms with E-state index in [2.05, 4.69) is 20.6 Å². The largest absolute Gasteiger partial charge is 0.476 e. The fourth-order valence-corrected chi connectivity index (χ4v) is 2.16. The first-order valence-electron chi connectivity index (χ1n) is 5.40. The fourth-order valence-electron chi connectivity index (χ4n) is 1.40. The van der Waals surface area contributed by atoms with Crippen LogP contribution in [0.3, 0.4) is 0 Å². The van der Waals surface area contributed by atoms with Crippen LogP contribution in [0.25, 0.3) is 0 Å². The van der Waals surface area contributed by atoms with E-state index in [4.69, 9.17) is 5.11 Å². The maximum atomic E-state index is 10.6. The Hall–Kier alpha value is -1.80. The quantitative estimate of drug-likeness (QED) is 0.742. The fraction of sp³-hybridized carbons (Fsp3) is 0.400. The second-order valence-corrected chi connectivity index (χ2v) is 5.01. The van der Waals surface area contributed by atoms with Crippen molar-refractivity contribution in [3.63, 3.8) is 0 Å². The van der Waals surface area contributed by atoms with Gasteiger partial charge in [0.15, 0.2) is 5.69 Å². The van der Waals surface area contributed by atoms with Gasteiger partial charge in [0.05, 0.1) is 17.7 Å². The molecule has 0 atom stereocenters. The molecular weight excluding hydrogens is 254 g/mol. The zero-order valence-corrected chi connectivity index (χ0v) is 10.6. The number of thiazole rings is 1. The SMILES string of the molecule is Cc1ncc(CNCCn2cc(C(=O)O)nn2)s1. The normalized spacial score (nSPS) is 10.7. The summed E-state index contributed by atoms with van der Waals surface area (Å²) >= 11 is 1.66. The first kappa shape index (κ1) is 12.7. The highest BCUT2D eigenvalue weighted by Crippen LogP contribution is 2.10. The van der Waals surface area contributed by atoms with Crippen LogP contribution in [0, 0.1) is 6.92 Å². The molecule has 2 aromatic rings. The predicted molar refractivity (Wildman–Crippen MR) is 65.5 cm³/mol. The van der Waals surface area contributed by atoms with Gasteiger partial charge in [-0.2, -0.15) is 0 Å². The lowest BCUT2D eigenvalue weighted by Gasteiger charge is -2.01. The van der Waals surface area contributed by atoms with Crippen LogP contribution in [0.1, 0.15) is 20.4 Å². The van der Waals surface area contributed by atoms with E-state index in [0.29, 0.717) is 13.1 Å². The predicted octanol–water partition coefficient (Wildman–Crippen LogP) is 0.531. The average Bonchev–Trinajstić information content (AvgIpc) is 2.93. The van der Waals surface area contributed by atoms with Crippen LogP contribution in [0.5, 0.6) is 0 Å². The van der Waals surface area contributed by atoms with Crippen molar-refractivity contribution >= 4 is 17.3 Å². The van der Waals surface area contributed by atoms with Crippen molar-refractivity contribution in [2.24, 2.45) is 0 Å². The lowest BCUT2D eigenvalue weighted by molar-refractivity contribution is 0.0690. The maximum Gasteiger partial charge on any atom is 0.358 e. The molecule has 0 spiro atoms. The van der Waals surface area contributed by atoms with Crippen LogP contribution in [0.2, 0.25) is 0 Å². The maximum absolute atomic E-state index is 10.6. The Labute approximate surface area is 107 Å². The molecule has 0 saturated carbocycles. The molecule has 96 valence electrons. The van der Waals surface area contributed by atoms with E-state index in [0.717, 1.165) is 11.6 Å². The molecular formula is C10H13N5O2S. The number of aromatic carboxylic acids is 1. The summed E-state index contributed by atoms with van der Waals surface area (Å²) in [6.07, 6.45) is 3.27. The molecule has 0 amide bonds. The van der Waals surface area contributed by atoms with E-state index in [-0.39, 0.29) is 5.69 Å². The highest BCUT2D eigenvalue weighted by Gasteiger charge is 2.07. The molecule has 0 aromatic carbocycles. The molecule has 2 rings (SSSR count). The molecule has 2 N–H and O–H groups in total. The van der Waals surface area contributed by atoms with Gasteiger partial charge in [-0.3, -0.25) is 4.68 Å². The second kappa shape index (κ2) is 5.69. The second-order valence-electron chi connectivity index (χ2n) is 3.69. The Morgan fingerprint density at radius 3 is 3.06 bits per heavy atom. The summed E-state index contributed by atoms with van der Waals surface area (Å²) in [5, 5.41) is 20.2. The third-order valence-corrected chi connectivity index (χ3v) is 3.16. The van der Waals surface area contributed by atoms with Gasteiger partial charge in [-0.05, 0) is 6.92 Å². The summed E-state index contributed by atoms with van der Waals surface area (Å²) in [5.41, 5.74) is -0.0342. The van der Waals surface area contributed by atoms with Gasteiger partial charge in [0.2, 0.25) is 0 Å². The molecule has 0 fully saturated rings. The minimum Gasteiger partial charge on any atom is -0.476 e. The van der Waals surface area contributed by atoms with Crippen molar-refractivity contribution < 1.29 is 9.90 Å². The van der Waals surface area contributed by atoms with Crippen molar-refractivity contribution in [1.82, 2.24) is 25.3 Å². The topological polar surface area (TPSA) is 92.9 Å². The van der Waals surface area contributed by atoms with Crippen molar-refractivity contribution in [2.75, 3.05) is 6.54 Å². The molecule has 0 bridgehead atoms. The number of carboxylic acid groups (broad SMARTS) is 1. The van der Waals surface area contributed by atoms with Gasteiger partial charge in [0.1, 0.15) is 0 Å². The van der Waals surface area contributed by atoms with E-state index in [1.54, 1.807) is 11.3 Å². The number of aromatic nitrogens is 4. The van der Waals surface area contributed by atoms with Crippen LogP contribution in [0.15, 0.2) is 12.4 Å². The van der Waals surface area contributed by atoms with E-state index in [1.165, 1.54) is 15.8 Å². The van der Waals surface area contributed by atoms with Crippen molar-refractivity contribution in [3.8, 4) is 0 Å². The van der Waals surface area contributed by atoms with Gasteiger partial charge >= 0.3 is 5.97 Å². The summed E-state index contributed by atoms with van der Waals surface area (Å²) in [6, 6.07) is 0. The molecule has 0 radical (unpaired) electrons. The van der Waals surface area contributed by atoms with Crippen LogP contribution >= 0.6 is 11.3 Å². The van der Waals surface area contributed by atoms with Crippen LogP contribution in [0.4, 0.5) is 0 Å². The van der Waals surface area contributed by atoms with Gasteiger partial charge < -0.3 is 10.4 Å². The minimum absolute atomic E-state index is 0.0342. The third-order valence-electron chi connectivity index (χ3n) is 2.24. The van der Waals surface area contributed by atoms with Crippen LogP contribution in [-0.4, -0.2) is 37.6 Å². The number of nitrogens with one attached hydrogen (secondary N) is 1. The summed E-state index contributed by atoms with van der Waals surface area (Å²) in [6.45, 7) is 4.00. The summed E-state index contributed by atoms with van der Waals surface area (Å²) < 4.78 is 1.51. The van der Waals surface area contributed by atoms with Gasteiger partial charge in [-0.25, -0.2) is 9.78 Å². The van der Waals surface area contributed by atoms with E-state index >= 15 is 0 Å². The summed E-state index contributed by atoms with van der Waals surface area (Å²) in [5.74, 6) is -1.06. The number of carboxylic acids is 1. The lowest BCUT2D eigenvalue weighted by Crippen LogP contribution is -2.19. The minimum atomic E-state index is -1.06. The first-order chi connectivity index (χ1) is 8.65. The Kier molecular flexibility index (Phi) is 4.00.